The van der Waals surface area contributed by atoms with Crippen molar-refractivity contribution in [2.24, 2.45) is 5.73 Å². The molecule has 2 heterocycles. The van der Waals surface area contributed by atoms with Crippen molar-refractivity contribution in [3.63, 3.8) is 0 Å². The van der Waals surface area contributed by atoms with Gasteiger partial charge in [-0.25, -0.2) is 0 Å². The molecule has 2 atom stereocenters. The first-order valence-corrected chi connectivity index (χ1v) is 3.92. The van der Waals surface area contributed by atoms with Crippen molar-refractivity contribution in [3.8, 4) is 0 Å². The van der Waals surface area contributed by atoms with Crippen molar-refractivity contribution in [3.05, 3.63) is 0 Å². The lowest BCUT2D eigenvalue weighted by molar-refractivity contribution is -0.140. The third-order valence-corrected chi connectivity index (χ3v) is 2.96. The Morgan fingerprint density at radius 3 is 3.00 bits per heavy atom. The summed E-state index contributed by atoms with van der Waals surface area (Å²) in [5.74, 6) is 0.264. The van der Waals surface area contributed by atoms with Gasteiger partial charge in [0, 0.05) is 6.54 Å². The molecule has 9 heavy (non-hydrogen) atoms. The number of nitrogens with two attached hydrogens (primary N) is 1. The molecule has 0 aromatic heterocycles. The van der Waals surface area contributed by atoms with Gasteiger partial charge in [0.1, 0.15) is 0 Å². The molecule has 1 unspecified atom stereocenters. The van der Waals surface area contributed by atoms with E-state index in [1.807, 2.05) is 4.90 Å². The van der Waals surface area contributed by atoms with Gasteiger partial charge in [-0.1, -0.05) is 0 Å². The van der Waals surface area contributed by atoms with Gasteiger partial charge in [0.05, 0.1) is 17.2 Å². The fraction of sp³-hybridized carbons (Fsp3) is 0.800. The Morgan fingerprint density at radius 2 is 2.56 bits per heavy atom. The number of carbonyl (C=O) groups is 1. The van der Waals surface area contributed by atoms with Crippen LogP contribution in [0.2, 0.25) is 0 Å². The summed E-state index contributed by atoms with van der Waals surface area (Å²) in [7, 11) is 0. The van der Waals surface area contributed by atoms with Crippen LogP contribution in [0.1, 0.15) is 6.42 Å². The fourth-order valence-electron chi connectivity index (χ4n) is 1.20. The standard InChI is InChI=1S/C5H8N2OS/c6-3-2-7-4(8)1-5(7)9-3/h3,5H,1-2,6H2/t3?,5-/m1/s1. The van der Waals surface area contributed by atoms with Gasteiger partial charge in [0.2, 0.25) is 5.91 Å². The van der Waals surface area contributed by atoms with Crippen LogP contribution < -0.4 is 5.73 Å². The summed E-state index contributed by atoms with van der Waals surface area (Å²) in [4.78, 5) is 12.6. The van der Waals surface area contributed by atoms with E-state index in [1.165, 1.54) is 0 Å². The highest BCUT2D eigenvalue weighted by molar-refractivity contribution is 8.00. The Bertz CT molecular complexity index is 161. The molecule has 50 valence electrons. The second kappa shape index (κ2) is 1.64. The molecule has 0 spiro atoms. The minimum atomic E-state index is 0.168. The minimum absolute atomic E-state index is 0.168. The van der Waals surface area contributed by atoms with Crippen LogP contribution in [0, 0.1) is 0 Å². The summed E-state index contributed by atoms with van der Waals surface area (Å²) in [6.07, 6.45) is 0.707. The number of nitrogens with zero attached hydrogens (tertiary/aromatic N) is 1. The van der Waals surface area contributed by atoms with Gasteiger partial charge < -0.3 is 10.6 Å². The second-order valence-corrected chi connectivity index (χ2v) is 3.80. The summed E-state index contributed by atoms with van der Waals surface area (Å²) in [5.41, 5.74) is 5.59. The van der Waals surface area contributed by atoms with E-state index in [4.69, 9.17) is 5.73 Å². The third kappa shape index (κ3) is 0.664. The van der Waals surface area contributed by atoms with Crippen LogP contribution >= 0.6 is 11.8 Å². The largest absolute Gasteiger partial charge is 0.328 e. The molecule has 3 nitrogen and oxygen atoms in total. The van der Waals surface area contributed by atoms with Gasteiger partial charge in [0.25, 0.3) is 0 Å². The van der Waals surface area contributed by atoms with Crippen molar-refractivity contribution < 1.29 is 4.79 Å². The van der Waals surface area contributed by atoms with Crippen LogP contribution in [-0.4, -0.2) is 28.1 Å². The zero-order valence-electron chi connectivity index (χ0n) is 4.91. The van der Waals surface area contributed by atoms with E-state index in [-0.39, 0.29) is 11.3 Å². The van der Waals surface area contributed by atoms with Crippen molar-refractivity contribution in [2.45, 2.75) is 17.2 Å². The number of rotatable bonds is 0. The first-order valence-electron chi connectivity index (χ1n) is 2.98. The summed E-state index contributed by atoms with van der Waals surface area (Å²) in [6.45, 7) is 0.758. The fourth-order valence-corrected chi connectivity index (χ4v) is 2.44. The highest BCUT2D eigenvalue weighted by atomic mass is 32.2. The Balaban J connectivity index is 2.08. The number of β-lactam (4-membered cyclic amide) rings is 1. The quantitative estimate of drug-likeness (QED) is 0.469. The molecule has 2 rings (SSSR count). The molecule has 2 fully saturated rings. The SMILES string of the molecule is NC1CN2C(=O)C[C@H]2S1. The van der Waals surface area contributed by atoms with E-state index < -0.39 is 0 Å². The van der Waals surface area contributed by atoms with Crippen molar-refractivity contribution in [2.75, 3.05) is 6.54 Å². The third-order valence-electron chi connectivity index (χ3n) is 1.73. The van der Waals surface area contributed by atoms with Gasteiger partial charge in [-0.15, -0.1) is 11.8 Å². The molecule has 1 amide bonds. The molecule has 2 N–H and O–H groups in total. The van der Waals surface area contributed by atoms with E-state index in [1.54, 1.807) is 11.8 Å². The normalized spacial score (nSPS) is 40.6. The highest BCUT2D eigenvalue weighted by Crippen LogP contribution is 2.37. The van der Waals surface area contributed by atoms with E-state index in [0.29, 0.717) is 11.8 Å². The molecule has 2 aliphatic rings. The molecule has 0 radical (unpaired) electrons. The van der Waals surface area contributed by atoms with Gasteiger partial charge >= 0.3 is 0 Å². The maximum absolute atomic E-state index is 10.7. The van der Waals surface area contributed by atoms with E-state index in [9.17, 15) is 4.79 Å². The molecule has 0 saturated carbocycles. The maximum atomic E-state index is 10.7. The van der Waals surface area contributed by atoms with Crippen molar-refractivity contribution >= 4 is 17.7 Å². The second-order valence-electron chi connectivity index (χ2n) is 2.38. The zero-order chi connectivity index (χ0) is 6.43. The Kier molecular flexibility index (Phi) is 1.01. The summed E-state index contributed by atoms with van der Waals surface area (Å²) >= 11 is 1.70. The molecule has 0 bridgehead atoms. The number of hydrogen-bond donors (Lipinski definition) is 1. The lowest BCUT2D eigenvalue weighted by Gasteiger charge is -2.32. The van der Waals surface area contributed by atoms with Gasteiger partial charge in [-0.2, -0.15) is 0 Å². The van der Waals surface area contributed by atoms with Crippen LogP contribution in [0.3, 0.4) is 0 Å². The van der Waals surface area contributed by atoms with E-state index in [2.05, 4.69) is 0 Å². The molecule has 2 saturated heterocycles. The Hall–Kier alpha value is -0.220. The molecule has 4 heteroatoms. The van der Waals surface area contributed by atoms with Crippen LogP contribution in [0.25, 0.3) is 0 Å². The van der Waals surface area contributed by atoms with Crippen LogP contribution in [-0.2, 0) is 4.79 Å². The summed E-state index contributed by atoms with van der Waals surface area (Å²) < 4.78 is 0. The van der Waals surface area contributed by atoms with E-state index >= 15 is 0 Å². The first-order chi connectivity index (χ1) is 4.27. The van der Waals surface area contributed by atoms with Crippen molar-refractivity contribution in [1.29, 1.82) is 0 Å². The van der Waals surface area contributed by atoms with Crippen LogP contribution in [0.5, 0.6) is 0 Å². The molecular formula is C5H8N2OS. The number of amides is 1. The van der Waals surface area contributed by atoms with Gasteiger partial charge in [0.15, 0.2) is 0 Å². The van der Waals surface area contributed by atoms with E-state index in [0.717, 1.165) is 6.54 Å². The lowest BCUT2D eigenvalue weighted by atomic mass is 10.2. The molecule has 0 aromatic rings. The number of thioether (sulfide) groups is 1. The van der Waals surface area contributed by atoms with Crippen LogP contribution in [0.15, 0.2) is 0 Å². The highest BCUT2D eigenvalue weighted by Gasteiger charge is 2.43. The molecule has 0 aliphatic carbocycles. The first kappa shape index (κ1) is 5.56. The molecule has 2 aliphatic heterocycles. The maximum Gasteiger partial charge on any atom is 0.226 e. The molecule has 0 aromatic carbocycles. The summed E-state index contributed by atoms with van der Waals surface area (Å²) in [5, 5.41) is 0.592. The van der Waals surface area contributed by atoms with Crippen LogP contribution in [0.4, 0.5) is 0 Å². The average Bonchev–Trinajstić information content (AvgIpc) is 2.08. The number of hydrogen-bond acceptors (Lipinski definition) is 3. The number of fused-ring (bicyclic) bond motifs is 1. The predicted molar refractivity (Wildman–Crippen MR) is 35.7 cm³/mol. The van der Waals surface area contributed by atoms with Crippen molar-refractivity contribution in [1.82, 2.24) is 4.90 Å². The van der Waals surface area contributed by atoms with Gasteiger partial charge in [-0.05, 0) is 0 Å². The summed E-state index contributed by atoms with van der Waals surface area (Å²) in [6, 6.07) is 0. The smallest absolute Gasteiger partial charge is 0.226 e. The zero-order valence-corrected chi connectivity index (χ0v) is 5.73. The monoisotopic (exact) mass is 144 g/mol. The lowest BCUT2D eigenvalue weighted by Crippen LogP contribution is -2.47. The topological polar surface area (TPSA) is 46.3 Å². The number of carbonyl (C=O) groups excluding carboxylic acids is 1. The Labute approximate surface area is 57.6 Å². The average molecular weight is 144 g/mol. The Morgan fingerprint density at radius 1 is 1.78 bits per heavy atom. The predicted octanol–water partition coefficient (Wildman–Crippen LogP) is -0.424. The van der Waals surface area contributed by atoms with Gasteiger partial charge in [-0.3, -0.25) is 4.79 Å². The molecular weight excluding hydrogens is 136 g/mol. The minimum Gasteiger partial charge on any atom is -0.328 e.